The van der Waals surface area contributed by atoms with Gasteiger partial charge in [0.15, 0.2) is 0 Å². The van der Waals surface area contributed by atoms with Crippen LogP contribution in [0.3, 0.4) is 0 Å². The lowest BCUT2D eigenvalue weighted by Gasteiger charge is -2.31. The summed E-state index contributed by atoms with van der Waals surface area (Å²) in [6, 6.07) is 0. The van der Waals surface area contributed by atoms with Crippen LogP contribution in [0.5, 0.6) is 0 Å². The molecule has 0 radical (unpaired) electrons. The molecule has 0 atom stereocenters. The Morgan fingerprint density at radius 2 is 2.00 bits per heavy atom. The molecule has 1 fully saturated rings. The molecule has 1 saturated heterocycles. The van der Waals surface area contributed by atoms with Gasteiger partial charge in [0.2, 0.25) is 11.8 Å². The maximum atomic E-state index is 5.06. The summed E-state index contributed by atoms with van der Waals surface area (Å²) in [7, 11) is 0. The van der Waals surface area contributed by atoms with E-state index in [0.717, 1.165) is 44.0 Å². The Kier molecular flexibility index (Phi) is 4.70. The molecule has 4 nitrogen and oxygen atoms in total. The molecule has 112 valence electrons. The highest BCUT2D eigenvalue weighted by molar-refractivity contribution is 7.09. The van der Waals surface area contributed by atoms with Crippen LogP contribution in [0.25, 0.3) is 0 Å². The third kappa shape index (κ3) is 3.35. The number of hydrogen-bond acceptors (Lipinski definition) is 5. The SMILES string of the molecule is CCc1cnc(N2CCC(c3nc(C[ClH+])cs3)CC2)nc1. The van der Waals surface area contributed by atoms with Crippen molar-refractivity contribution in [2.24, 2.45) is 0 Å². The van der Waals surface area contributed by atoms with E-state index in [2.05, 4.69) is 32.2 Å². The van der Waals surface area contributed by atoms with Gasteiger partial charge >= 0.3 is 0 Å². The van der Waals surface area contributed by atoms with Gasteiger partial charge in [-0.3, -0.25) is 0 Å². The second kappa shape index (κ2) is 6.71. The van der Waals surface area contributed by atoms with Crippen molar-refractivity contribution in [3.8, 4) is 0 Å². The summed E-state index contributed by atoms with van der Waals surface area (Å²) in [5.74, 6) is 2.04. The zero-order chi connectivity index (χ0) is 14.7. The van der Waals surface area contributed by atoms with Gasteiger partial charge in [0.1, 0.15) is 17.3 Å². The van der Waals surface area contributed by atoms with E-state index in [1.807, 2.05) is 12.4 Å². The van der Waals surface area contributed by atoms with Crippen LogP contribution in [0.4, 0.5) is 5.95 Å². The van der Waals surface area contributed by atoms with Crippen molar-refractivity contribution in [1.29, 1.82) is 0 Å². The normalized spacial score (nSPS) is 16.4. The lowest BCUT2D eigenvalue weighted by atomic mass is 9.98. The molecular weight excluding hydrogens is 304 g/mol. The van der Waals surface area contributed by atoms with Gasteiger partial charge in [0.05, 0.1) is 5.01 Å². The van der Waals surface area contributed by atoms with Gasteiger partial charge in [-0.25, -0.2) is 15.0 Å². The lowest BCUT2D eigenvalue weighted by Crippen LogP contribution is -2.34. The Morgan fingerprint density at radius 3 is 2.57 bits per heavy atom. The van der Waals surface area contributed by atoms with Gasteiger partial charge < -0.3 is 4.90 Å². The number of piperidine rings is 1. The number of halogens is 1. The number of aryl methyl sites for hydroxylation is 1. The third-order valence-electron chi connectivity index (χ3n) is 3.94. The highest BCUT2D eigenvalue weighted by atomic mass is 35.5. The van der Waals surface area contributed by atoms with E-state index in [4.69, 9.17) is 11.6 Å². The number of anilines is 1. The number of alkyl halides is 1. The van der Waals surface area contributed by atoms with Crippen LogP contribution < -0.4 is 4.90 Å². The van der Waals surface area contributed by atoms with Gasteiger partial charge in [-0.2, -0.15) is 0 Å². The van der Waals surface area contributed by atoms with Gasteiger partial charge in [0.25, 0.3) is 0 Å². The first kappa shape index (κ1) is 14.7. The largest absolute Gasteiger partial charge is 0.341 e. The fourth-order valence-corrected chi connectivity index (χ4v) is 3.84. The lowest BCUT2D eigenvalue weighted by molar-refractivity contribution is -0.387. The predicted molar refractivity (Wildman–Crippen MR) is 82.8 cm³/mol. The molecule has 2 aromatic heterocycles. The molecule has 0 aliphatic carbocycles. The van der Waals surface area contributed by atoms with Crippen LogP contribution in [0.1, 0.15) is 41.9 Å². The molecule has 0 unspecified atom stereocenters. The number of hydrogen-bond donors (Lipinski definition) is 0. The van der Waals surface area contributed by atoms with Crippen LogP contribution in [0.15, 0.2) is 17.8 Å². The van der Waals surface area contributed by atoms with E-state index in [1.54, 1.807) is 11.3 Å². The molecule has 1 aliphatic heterocycles. The topological polar surface area (TPSA) is 41.9 Å². The summed E-state index contributed by atoms with van der Waals surface area (Å²) < 4.78 is 0. The predicted octanol–water partition coefficient (Wildman–Crippen LogP) is 2.66. The maximum absolute atomic E-state index is 5.06. The van der Waals surface area contributed by atoms with E-state index < -0.39 is 0 Å². The summed E-state index contributed by atoms with van der Waals surface area (Å²) in [6.07, 6.45) is 7.08. The van der Waals surface area contributed by atoms with Gasteiger partial charge in [-0.1, -0.05) is 6.92 Å². The minimum atomic E-state index is 0.566. The zero-order valence-electron chi connectivity index (χ0n) is 12.2. The number of nitrogens with zero attached hydrogens (tertiary/aromatic N) is 4. The number of thiazole rings is 1. The number of rotatable bonds is 4. The van der Waals surface area contributed by atoms with Crippen molar-refractivity contribution < 1.29 is 11.6 Å². The molecule has 0 amide bonds. The molecule has 3 rings (SSSR count). The average molecular weight is 324 g/mol. The van der Waals surface area contributed by atoms with Gasteiger partial charge in [-0.15, -0.1) is 11.3 Å². The van der Waals surface area contributed by atoms with E-state index in [1.165, 1.54) is 10.6 Å². The summed E-state index contributed by atoms with van der Waals surface area (Å²) in [6.45, 7) is 4.12. The molecular formula is C15H20ClN4S+. The Hall–Kier alpha value is -1.20. The Morgan fingerprint density at radius 1 is 1.29 bits per heavy atom. The van der Waals surface area contributed by atoms with Crippen molar-refractivity contribution in [2.75, 3.05) is 18.0 Å². The molecule has 1 aliphatic rings. The highest BCUT2D eigenvalue weighted by Crippen LogP contribution is 2.31. The summed E-state index contributed by atoms with van der Waals surface area (Å²) in [5.41, 5.74) is 2.23. The average Bonchev–Trinajstić information content (AvgIpc) is 3.04. The van der Waals surface area contributed by atoms with Crippen LogP contribution in [-0.4, -0.2) is 28.0 Å². The first-order valence-corrected chi connectivity index (χ1v) is 8.84. The first-order valence-electron chi connectivity index (χ1n) is 7.38. The van der Waals surface area contributed by atoms with E-state index in [0.29, 0.717) is 11.8 Å². The van der Waals surface area contributed by atoms with Crippen LogP contribution in [0, 0.1) is 11.6 Å². The third-order valence-corrected chi connectivity index (χ3v) is 5.30. The standard InChI is InChI=1S/C15H20ClN4S/c1-2-11-8-17-15(18-9-11)20-5-3-12(4-6-20)14-19-13(7-16)10-21-14/h8-10,12,16H,2-7H2,1H3/q+1. The highest BCUT2D eigenvalue weighted by Gasteiger charge is 2.24. The molecule has 3 heterocycles. The quantitative estimate of drug-likeness (QED) is 0.811. The fraction of sp³-hybridized carbons (Fsp3) is 0.533. The van der Waals surface area contributed by atoms with Crippen molar-refractivity contribution >= 4 is 17.3 Å². The Labute approximate surface area is 134 Å². The van der Waals surface area contributed by atoms with E-state index in [9.17, 15) is 0 Å². The summed E-state index contributed by atoms with van der Waals surface area (Å²) in [5, 5.41) is 3.35. The smallest absolute Gasteiger partial charge is 0.225 e. The van der Waals surface area contributed by atoms with Crippen LogP contribution in [0.2, 0.25) is 0 Å². The van der Waals surface area contributed by atoms with E-state index >= 15 is 0 Å². The molecule has 2 aromatic rings. The fourth-order valence-electron chi connectivity index (χ4n) is 2.60. The molecule has 6 heteroatoms. The molecule has 0 N–H and O–H groups in total. The van der Waals surface area contributed by atoms with Crippen molar-refractivity contribution in [2.45, 2.75) is 38.0 Å². The molecule has 0 aromatic carbocycles. The summed E-state index contributed by atoms with van der Waals surface area (Å²) in [4.78, 5) is 15.9. The van der Waals surface area contributed by atoms with Gasteiger partial charge in [0, 0.05) is 36.8 Å². The second-order valence-electron chi connectivity index (χ2n) is 5.33. The van der Waals surface area contributed by atoms with Gasteiger partial charge in [-0.05, 0) is 24.8 Å². The Balaban J connectivity index is 1.61. The molecule has 0 saturated carbocycles. The van der Waals surface area contributed by atoms with Crippen molar-refractivity contribution in [3.63, 3.8) is 0 Å². The number of aromatic nitrogens is 3. The molecule has 0 spiro atoms. The molecule has 0 bridgehead atoms. The summed E-state index contributed by atoms with van der Waals surface area (Å²) >= 11 is 6.81. The van der Waals surface area contributed by atoms with Crippen molar-refractivity contribution in [3.05, 3.63) is 34.0 Å². The first-order chi connectivity index (χ1) is 10.3. The van der Waals surface area contributed by atoms with Crippen LogP contribution >= 0.6 is 11.3 Å². The van der Waals surface area contributed by atoms with Crippen molar-refractivity contribution in [1.82, 2.24) is 15.0 Å². The Bertz CT molecular complexity index is 576. The second-order valence-corrected chi connectivity index (χ2v) is 6.51. The monoisotopic (exact) mass is 323 g/mol. The minimum absolute atomic E-state index is 0.566. The maximum Gasteiger partial charge on any atom is 0.225 e. The minimum Gasteiger partial charge on any atom is -0.341 e. The zero-order valence-corrected chi connectivity index (χ0v) is 13.8. The molecule has 21 heavy (non-hydrogen) atoms. The van der Waals surface area contributed by atoms with Crippen LogP contribution in [-0.2, 0) is 12.3 Å². The van der Waals surface area contributed by atoms with E-state index in [-0.39, 0.29) is 0 Å².